The number of hydrogen-bond donors (Lipinski definition) is 0. The van der Waals surface area contributed by atoms with E-state index in [0.29, 0.717) is 29.1 Å². The number of ketones is 1. The van der Waals surface area contributed by atoms with E-state index in [0.717, 1.165) is 5.56 Å². The van der Waals surface area contributed by atoms with E-state index in [4.69, 9.17) is 4.74 Å². The third kappa shape index (κ3) is 4.86. The third-order valence-corrected chi connectivity index (χ3v) is 5.60. The van der Waals surface area contributed by atoms with Gasteiger partial charge in [0.2, 0.25) is 5.91 Å². The predicted molar refractivity (Wildman–Crippen MR) is 117 cm³/mol. The monoisotopic (exact) mass is 430 g/mol. The fourth-order valence-electron chi connectivity index (χ4n) is 3.89. The molecule has 0 saturated carbocycles. The lowest BCUT2D eigenvalue weighted by Crippen LogP contribution is -2.45. The van der Waals surface area contributed by atoms with Gasteiger partial charge in [0.1, 0.15) is 11.5 Å². The highest BCUT2D eigenvalue weighted by Gasteiger charge is 2.33. The molecule has 0 aliphatic carbocycles. The first-order valence-electron chi connectivity index (χ1n) is 10.4. The minimum Gasteiger partial charge on any atom is -0.464 e. The zero-order valence-corrected chi connectivity index (χ0v) is 19.3. The number of rotatable bonds is 8. The number of Topliss-reactive ketones (excluding diaryl/α,β-unsaturated/α-hetero) is 1. The lowest BCUT2D eigenvalue weighted by Gasteiger charge is -2.30. The normalized spacial score (nSPS) is 12.0. The first kappa shape index (κ1) is 24.3. The van der Waals surface area contributed by atoms with Crippen LogP contribution in [0.1, 0.15) is 65.4 Å². The second kappa shape index (κ2) is 9.90. The summed E-state index contributed by atoms with van der Waals surface area (Å²) in [6, 6.07) is 5.10. The van der Waals surface area contributed by atoms with Crippen LogP contribution in [0.2, 0.25) is 0 Å². The molecular weight excluding hydrogens is 399 g/mol. The molecule has 1 aromatic carbocycles. The Kier molecular flexibility index (Phi) is 7.76. The molecular formula is C24H31FN2O4. The van der Waals surface area contributed by atoms with E-state index in [1.54, 1.807) is 51.3 Å². The molecule has 0 bridgehead atoms. The van der Waals surface area contributed by atoms with Crippen molar-refractivity contribution in [2.24, 2.45) is 5.92 Å². The highest BCUT2D eigenvalue weighted by molar-refractivity contribution is 6.06. The zero-order valence-electron chi connectivity index (χ0n) is 19.3. The van der Waals surface area contributed by atoms with Crippen LogP contribution in [0.5, 0.6) is 0 Å². The molecule has 0 saturated heterocycles. The van der Waals surface area contributed by atoms with Crippen molar-refractivity contribution in [3.8, 4) is 0 Å². The van der Waals surface area contributed by atoms with Gasteiger partial charge in [-0.1, -0.05) is 26.0 Å². The Bertz CT molecular complexity index is 976. The molecule has 6 nitrogen and oxygen atoms in total. The molecule has 1 atom stereocenters. The number of methoxy groups -OCH3 is 1. The topological polar surface area (TPSA) is 68.6 Å². The molecule has 0 unspecified atom stereocenters. The number of carbonyl (C=O) groups is 3. The molecule has 1 aromatic heterocycles. The summed E-state index contributed by atoms with van der Waals surface area (Å²) >= 11 is 0. The van der Waals surface area contributed by atoms with E-state index in [-0.39, 0.29) is 30.0 Å². The summed E-state index contributed by atoms with van der Waals surface area (Å²) in [6.45, 7) is 11.3. The summed E-state index contributed by atoms with van der Waals surface area (Å²) < 4.78 is 20.0. The van der Waals surface area contributed by atoms with Gasteiger partial charge >= 0.3 is 5.97 Å². The number of benzene rings is 1. The summed E-state index contributed by atoms with van der Waals surface area (Å²) in [5.74, 6) is -1.61. The van der Waals surface area contributed by atoms with Crippen LogP contribution in [-0.4, -0.2) is 40.3 Å². The quantitative estimate of drug-likeness (QED) is 0.462. The molecule has 1 amide bonds. The van der Waals surface area contributed by atoms with Gasteiger partial charge in [0, 0.05) is 30.3 Å². The molecule has 0 spiro atoms. The minimum atomic E-state index is -0.768. The lowest BCUT2D eigenvalue weighted by molar-refractivity contribution is -0.136. The maximum atomic E-state index is 13.6. The van der Waals surface area contributed by atoms with Gasteiger partial charge < -0.3 is 14.2 Å². The average molecular weight is 431 g/mol. The van der Waals surface area contributed by atoms with E-state index in [1.807, 2.05) is 6.92 Å². The summed E-state index contributed by atoms with van der Waals surface area (Å²) in [4.78, 5) is 40.4. The Balaban J connectivity index is 2.49. The van der Waals surface area contributed by atoms with Gasteiger partial charge in [0.25, 0.3) is 0 Å². The number of aromatic nitrogens is 1. The Hall–Kier alpha value is -2.96. The van der Waals surface area contributed by atoms with Crippen LogP contribution in [0.3, 0.4) is 0 Å². The number of halogens is 1. The largest absolute Gasteiger partial charge is 0.464 e. The summed E-state index contributed by atoms with van der Waals surface area (Å²) in [5.41, 5.74) is 2.70. The molecule has 1 heterocycles. The van der Waals surface area contributed by atoms with Crippen molar-refractivity contribution in [2.45, 2.75) is 60.7 Å². The Morgan fingerprint density at radius 1 is 1.10 bits per heavy atom. The summed E-state index contributed by atoms with van der Waals surface area (Å²) in [6.07, 6.45) is 0. The molecule has 0 aliphatic heterocycles. The molecule has 31 heavy (non-hydrogen) atoms. The molecule has 2 rings (SSSR count). The van der Waals surface area contributed by atoms with E-state index in [9.17, 15) is 18.8 Å². The van der Waals surface area contributed by atoms with Gasteiger partial charge in [-0.2, -0.15) is 0 Å². The number of carbonyl (C=O) groups excluding carboxylic acids is 3. The standard InChI is InChI=1S/C24H31FN2O4/c1-8-26-16(5)20(15(4)21(26)24(30)31-7)22(28)17(6)27(23(29)14(2)3)13-18-9-11-19(25)12-10-18/h9-12,14,17H,8,13H2,1-7H3/t17-/m1/s1. The number of ether oxygens (including phenoxy) is 1. The SMILES string of the molecule is CCn1c(C)c(C(=O)[C@@H](C)N(Cc2ccc(F)cc2)C(=O)C(C)C)c(C)c1C(=O)OC. The highest BCUT2D eigenvalue weighted by Crippen LogP contribution is 2.26. The third-order valence-electron chi connectivity index (χ3n) is 5.60. The number of amides is 1. The Morgan fingerprint density at radius 3 is 2.16 bits per heavy atom. The van der Waals surface area contributed by atoms with Crippen LogP contribution in [0, 0.1) is 25.6 Å². The molecule has 0 aliphatic rings. The molecule has 0 N–H and O–H groups in total. The van der Waals surface area contributed by atoms with Crippen molar-refractivity contribution in [3.63, 3.8) is 0 Å². The van der Waals surface area contributed by atoms with Gasteiger partial charge in [-0.3, -0.25) is 9.59 Å². The maximum absolute atomic E-state index is 13.6. The van der Waals surface area contributed by atoms with Gasteiger partial charge in [0.05, 0.1) is 13.2 Å². The molecule has 0 radical (unpaired) electrons. The number of nitrogens with zero attached hydrogens (tertiary/aromatic N) is 2. The van der Waals surface area contributed by atoms with Crippen molar-refractivity contribution in [1.82, 2.24) is 9.47 Å². The highest BCUT2D eigenvalue weighted by atomic mass is 19.1. The van der Waals surface area contributed by atoms with Crippen molar-refractivity contribution in [3.05, 3.63) is 58.2 Å². The molecule has 2 aromatic rings. The van der Waals surface area contributed by atoms with E-state index in [2.05, 4.69) is 0 Å². The maximum Gasteiger partial charge on any atom is 0.354 e. The summed E-state index contributed by atoms with van der Waals surface area (Å²) in [5, 5.41) is 0. The fraction of sp³-hybridized carbons (Fsp3) is 0.458. The van der Waals surface area contributed by atoms with Gasteiger partial charge in [-0.15, -0.1) is 0 Å². The van der Waals surface area contributed by atoms with Gasteiger partial charge in [-0.05, 0) is 51.0 Å². The molecule has 168 valence electrons. The van der Waals surface area contributed by atoms with Crippen LogP contribution in [0.15, 0.2) is 24.3 Å². The lowest BCUT2D eigenvalue weighted by atomic mass is 9.98. The van der Waals surface area contributed by atoms with Gasteiger partial charge in [0.15, 0.2) is 5.78 Å². The number of hydrogen-bond acceptors (Lipinski definition) is 4. The first-order chi connectivity index (χ1) is 14.5. The van der Waals surface area contributed by atoms with Crippen molar-refractivity contribution in [1.29, 1.82) is 0 Å². The van der Waals surface area contributed by atoms with E-state index in [1.165, 1.54) is 24.1 Å². The van der Waals surface area contributed by atoms with Crippen LogP contribution in [-0.2, 0) is 22.6 Å². The van der Waals surface area contributed by atoms with Crippen LogP contribution < -0.4 is 0 Å². The van der Waals surface area contributed by atoms with Crippen molar-refractivity contribution >= 4 is 17.7 Å². The minimum absolute atomic E-state index is 0.177. The van der Waals surface area contributed by atoms with Crippen LogP contribution in [0.4, 0.5) is 4.39 Å². The Morgan fingerprint density at radius 2 is 1.68 bits per heavy atom. The summed E-state index contributed by atoms with van der Waals surface area (Å²) in [7, 11) is 1.31. The van der Waals surface area contributed by atoms with Crippen molar-refractivity contribution in [2.75, 3.05) is 7.11 Å². The number of esters is 1. The Labute approximate surface area is 183 Å². The molecule has 7 heteroatoms. The van der Waals surface area contributed by atoms with Crippen molar-refractivity contribution < 1.29 is 23.5 Å². The second-order valence-corrected chi connectivity index (χ2v) is 7.96. The van der Waals surface area contributed by atoms with E-state index < -0.39 is 12.0 Å². The first-order valence-corrected chi connectivity index (χ1v) is 10.4. The van der Waals surface area contributed by atoms with E-state index >= 15 is 0 Å². The smallest absolute Gasteiger partial charge is 0.354 e. The fourth-order valence-corrected chi connectivity index (χ4v) is 3.89. The zero-order chi connectivity index (χ0) is 23.5. The van der Waals surface area contributed by atoms with Crippen LogP contribution >= 0.6 is 0 Å². The second-order valence-electron chi connectivity index (χ2n) is 7.96. The average Bonchev–Trinajstić information content (AvgIpc) is 3.00. The van der Waals surface area contributed by atoms with Crippen LogP contribution in [0.25, 0.3) is 0 Å². The predicted octanol–water partition coefficient (Wildman–Crippen LogP) is 4.31. The molecule has 0 fully saturated rings. The van der Waals surface area contributed by atoms with Gasteiger partial charge in [-0.25, -0.2) is 9.18 Å².